The average Bonchev–Trinajstić information content (AvgIpc) is 2.64. The summed E-state index contributed by atoms with van der Waals surface area (Å²) in [6.45, 7) is 3.46. The lowest BCUT2D eigenvalue weighted by atomic mass is 9.93. The number of hydrogen-bond acceptors (Lipinski definition) is 4. The molecule has 0 aromatic heterocycles. The number of aliphatic carboxylic acids is 1. The Bertz CT molecular complexity index is 589. The minimum atomic E-state index is -0.779. The van der Waals surface area contributed by atoms with Crippen molar-refractivity contribution in [2.24, 2.45) is 5.92 Å². The second kappa shape index (κ2) is 9.42. The van der Waals surface area contributed by atoms with Gasteiger partial charge < -0.3 is 19.5 Å². The van der Waals surface area contributed by atoms with Crippen molar-refractivity contribution in [3.8, 4) is 5.75 Å². The lowest BCUT2D eigenvalue weighted by Crippen LogP contribution is -2.45. The van der Waals surface area contributed by atoms with Crippen molar-refractivity contribution < 1.29 is 24.2 Å². The Balaban J connectivity index is 1.82. The lowest BCUT2D eigenvalue weighted by Gasteiger charge is -2.34. The Morgan fingerprint density at radius 2 is 2.20 bits per heavy atom. The molecule has 1 aromatic rings. The number of nitrogens with zero attached hydrogens (tertiary/aromatic N) is 1. The van der Waals surface area contributed by atoms with E-state index in [-0.39, 0.29) is 18.2 Å². The SMILES string of the molecule is COc1cccc(COC(C)C(=O)N2CCCC(CCC(=O)O)C2)c1. The van der Waals surface area contributed by atoms with Gasteiger partial charge in [0.15, 0.2) is 0 Å². The molecule has 2 rings (SSSR count). The molecule has 1 aromatic carbocycles. The van der Waals surface area contributed by atoms with Gasteiger partial charge in [-0.3, -0.25) is 9.59 Å². The summed E-state index contributed by atoms with van der Waals surface area (Å²) < 4.78 is 10.9. The van der Waals surface area contributed by atoms with E-state index in [1.165, 1.54) is 0 Å². The first-order valence-corrected chi connectivity index (χ1v) is 8.74. The van der Waals surface area contributed by atoms with E-state index in [1.807, 2.05) is 29.2 Å². The highest BCUT2D eigenvalue weighted by Crippen LogP contribution is 2.22. The van der Waals surface area contributed by atoms with Crippen LogP contribution < -0.4 is 4.74 Å². The van der Waals surface area contributed by atoms with Gasteiger partial charge in [-0.05, 0) is 49.8 Å². The maximum absolute atomic E-state index is 12.6. The van der Waals surface area contributed by atoms with Crippen LogP contribution in [-0.4, -0.2) is 48.2 Å². The number of carboxylic acid groups (broad SMARTS) is 1. The quantitative estimate of drug-likeness (QED) is 0.781. The molecule has 138 valence electrons. The molecule has 0 bridgehead atoms. The number of likely N-dealkylation sites (tertiary alicyclic amines) is 1. The van der Waals surface area contributed by atoms with Gasteiger partial charge in [0.05, 0.1) is 13.7 Å². The number of methoxy groups -OCH3 is 1. The fraction of sp³-hybridized carbons (Fsp3) is 0.579. The van der Waals surface area contributed by atoms with Crippen LogP contribution in [0.2, 0.25) is 0 Å². The van der Waals surface area contributed by atoms with Crippen molar-refractivity contribution in [2.45, 2.75) is 45.3 Å². The molecule has 1 heterocycles. The Kier molecular flexibility index (Phi) is 7.25. The average molecular weight is 349 g/mol. The highest BCUT2D eigenvalue weighted by atomic mass is 16.5. The molecule has 1 aliphatic heterocycles. The van der Waals surface area contributed by atoms with Gasteiger partial charge >= 0.3 is 5.97 Å². The van der Waals surface area contributed by atoms with E-state index in [1.54, 1.807) is 14.0 Å². The number of ether oxygens (including phenoxy) is 2. The first-order valence-electron chi connectivity index (χ1n) is 8.74. The first-order chi connectivity index (χ1) is 12.0. The summed E-state index contributed by atoms with van der Waals surface area (Å²) in [7, 11) is 1.61. The van der Waals surface area contributed by atoms with Crippen LogP contribution in [0.15, 0.2) is 24.3 Å². The Hall–Kier alpha value is -2.08. The fourth-order valence-corrected chi connectivity index (χ4v) is 3.14. The van der Waals surface area contributed by atoms with Crippen LogP contribution in [0.4, 0.5) is 0 Å². The number of carbonyl (C=O) groups is 2. The van der Waals surface area contributed by atoms with Crippen LogP contribution in [0.3, 0.4) is 0 Å². The normalized spacial score (nSPS) is 18.6. The topological polar surface area (TPSA) is 76.1 Å². The maximum atomic E-state index is 12.6. The Morgan fingerprint density at radius 1 is 1.40 bits per heavy atom. The Labute approximate surface area is 148 Å². The molecule has 0 aliphatic carbocycles. The molecule has 1 fully saturated rings. The van der Waals surface area contributed by atoms with Gasteiger partial charge in [0.1, 0.15) is 11.9 Å². The van der Waals surface area contributed by atoms with Crippen molar-refractivity contribution in [1.29, 1.82) is 0 Å². The maximum Gasteiger partial charge on any atom is 0.303 e. The molecule has 1 saturated heterocycles. The predicted octanol–water partition coefficient (Wildman–Crippen LogP) is 2.70. The van der Waals surface area contributed by atoms with E-state index in [9.17, 15) is 9.59 Å². The van der Waals surface area contributed by atoms with Gasteiger partial charge in [-0.25, -0.2) is 0 Å². The summed E-state index contributed by atoms with van der Waals surface area (Å²) in [5.74, 6) is 0.220. The molecule has 1 amide bonds. The zero-order chi connectivity index (χ0) is 18.2. The number of hydrogen-bond donors (Lipinski definition) is 1. The lowest BCUT2D eigenvalue weighted by molar-refractivity contribution is -0.145. The standard InChI is InChI=1S/C19H27NO5/c1-14(25-13-16-5-3-7-17(11-16)24-2)19(23)20-10-4-6-15(12-20)8-9-18(21)22/h3,5,7,11,14-15H,4,6,8-10,12-13H2,1-2H3,(H,21,22). The number of carbonyl (C=O) groups excluding carboxylic acids is 1. The van der Waals surface area contributed by atoms with Crippen LogP contribution in [0.5, 0.6) is 5.75 Å². The van der Waals surface area contributed by atoms with Crippen molar-refractivity contribution in [3.63, 3.8) is 0 Å². The molecular weight excluding hydrogens is 322 g/mol. The monoisotopic (exact) mass is 349 g/mol. The number of rotatable bonds is 8. The fourth-order valence-electron chi connectivity index (χ4n) is 3.14. The van der Waals surface area contributed by atoms with Gasteiger partial charge in [-0.2, -0.15) is 0 Å². The Morgan fingerprint density at radius 3 is 2.92 bits per heavy atom. The molecule has 25 heavy (non-hydrogen) atoms. The number of carboxylic acids is 1. The van der Waals surface area contributed by atoms with E-state index < -0.39 is 12.1 Å². The largest absolute Gasteiger partial charge is 0.497 e. The first kappa shape index (κ1) is 19.2. The summed E-state index contributed by atoms with van der Waals surface area (Å²) in [5, 5.41) is 8.81. The molecule has 0 radical (unpaired) electrons. The second-order valence-corrected chi connectivity index (χ2v) is 6.53. The number of benzene rings is 1. The zero-order valence-electron chi connectivity index (χ0n) is 14.9. The van der Waals surface area contributed by atoms with Gasteiger partial charge in [0, 0.05) is 19.5 Å². The third kappa shape index (κ3) is 6.05. The highest BCUT2D eigenvalue weighted by Gasteiger charge is 2.27. The minimum absolute atomic E-state index is 0.0251. The molecule has 2 atom stereocenters. The van der Waals surface area contributed by atoms with E-state index in [4.69, 9.17) is 14.6 Å². The van der Waals surface area contributed by atoms with Gasteiger partial charge in [0.25, 0.3) is 5.91 Å². The predicted molar refractivity (Wildman–Crippen MR) is 93.4 cm³/mol. The van der Waals surface area contributed by atoms with Crippen molar-refractivity contribution in [3.05, 3.63) is 29.8 Å². The third-order valence-electron chi connectivity index (χ3n) is 4.58. The smallest absolute Gasteiger partial charge is 0.303 e. The van der Waals surface area contributed by atoms with Crippen LogP contribution in [0.25, 0.3) is 0 Å². The van der Waals surface area contributed by atoms with E-state index in [0.29, 0.717) is 19.6 Å². The molecule has 0 saturated carbocycles. The van der Waals surface area contributed by atoms with Crippen LogP contribution in [-0.2, 0) is 20.9 Å². The number of piperidine rings is 1. The summed E-state index contributed by atoms with van der Waals surface area (Å²) in [4.78, 5) is 25.1. The van der Waals surface area contributed by atoms with Gasteiger partial charge in [-0.1, -0.05) is 12.1 Å². The molecule has 6 nitrogen and oxygen atoms in total. The van der Waals surface area contributed by atoms with Crippen LogP contribution >= 0.6 is 0 Å². The molecule has 1 aliphatic rings. The molecule has 6 heteroatoms. The van der Waals surface area contributed by atoms with Crippen LogP contribution in [0, 0.1) is 5.92 Å². The van der Waals surface area contributed by atoms with Crippen molar-refractivity contribution >= 4 is 11.9 Å². The zero-order valence-corrected chi connectivity index (χ0v) is 14.9. The molecule has 2 unspecified atom stereocenters. The van der Waals surface area contributed by atoms with E-state index in [2.05, 4.69) is 0 Å². The molecule has 0 spiro atoms. The number of amides is 1. The molecule has 1 N–H and O–H groups in total. The molecular formula is C19H27NO5. The summed E-state index contributed by atoms with van der Waals surface area (Å²) in [5.41, 5.74) is 0.956. The summed E-state index contributed by atoms with van der Waals surface area (Å²) in [6.07, 6.45) is 2.16. The van der Waals surface area contributed by atoms with Crippen LogP contribution in [0.1, 0.15) is 38.2 Å². The van der Waals surface area contributed by atoms with E-state index >= 15 is 0 Å². The summed E-state index contributed by atoms with van der Waals surface area (Å²) in [6, 6.07) is 7.58. The second-order valence-electron chi connectivity index (χ2n) is 6.53. The van der Waals surface area contributed by atoms with Crippen molar-refractivity contribution in [1.82, 2.24) is 4.90 Å². The minimum Gasteiger partial charge on any atom is -0.497 e. The van der Waals surface area contributed by atoms with Gasteiger partial charge in [0.2, 0.25) is 0 Å². The van der Waals surface area contributed by atoms with E-state index in [0.717, 1.165) is 30.7 Å². The third-order valence-corrected chi connectivity index (χ3v) is 4.58. The van der Waals surface area contributed by atoms with Gasteiger partial charge in [-0.15, -0.1) is 0 Å². The highest BCUT2D eigenvalue weighted by molar-refractivity contribution is 5.80. The summed E-state index contributed by atoms with van der Waals surface area (Å²) >= 11 is 0. The van der Waals surface area contributed by atoms with Crippen molar-refractivity contribution in [2.75, 3.05) is 20.2 Å².